The van der Waals surface area contributed by atoms with Crippen molar-refractivity contribution in [1.29, 1.82) is 0 Å². The van der Waals surface area contributed by atoms with Crippen molar-refractivity contribution in [3.8, 4) is 0 Å². The van der Waals surface area contributed by atoms with Crippen LogP contribution in [-0.4, -0.2) is 31.6 Å². The van der Waals surface area contributed by atoms with E-state index in [9.17, 15) is 0 Å². The van der Waals surface area contributed by atoms with Crippen molar-refractivity contribution in [2.45, 2.75) is 32.2 Å². The van der Waals surface area contributed by atoms with E-state index in [1.165, 1.54) is 34.5 Å². The van der Waals surface area contributed by atoms with Gasteiger partial charge in [0, 0.05) is 10.9 Å². The molecule has 1 fully saturated rings. The maximum atomic E-state index is 3.60. The van der Waals surface area contributed by atoms with E-state index in [1.807, 2.05) is 11.3 Å². The third kappa shape index (κ3) is 3.56. The van der Waals surface area contributed by atoms with E-state index in [0.717, 1.165) is 19.0 Å². The second-order valence-electron chi connectivity index (χ2n) is 5.13. The fraction of sp³-hybridized carbons (Fsp3) is 0.714. The molecule has 1 aromatic heterocycles. The molecule has 0 aliphatic carbocycles. The lowest BCUT2D eigenvalue weighted by Crippen LogP contribution is -2.34. The first-order valence-corrected chi connectivity index (χ1v) is 8.49. The number of nitrogens with one attached hydrogen (secondary N) is 1. The predicted octanol–water partition coefficient (Wildman–Crippen LogP) is 3.89. The second kappa shape index (κ2) is 7.04. The van der Waals surface area contributed by atoms with Gasteiger partial charge in [-0.15, -0.1) is 11.3 Å². The van der Waals surface area contributed by atoms with Gasteiger partial charge in [-0.3, -0.25) is 4.90 Å². The molecule has 0 radical (unpaired) electrons. The highest BCUT2D eigenvalue weighted by Crippen LogP contribution is 2.38. The van der Waals surface area contributed by atoms with Crippen molar-refractivity contribution < 1.29 is 0 Å². The van der Waals surface area contributed by atoms with E-state index in [1.54, 1.807) is 0 Å². The van der Waals surface area contributed by atoms with Gasteiger partial charge in [0.25, 0.3) is 0 Å². The van der Waals surface area contributed by atoms with Crippen LogP contribution in [0.5, 0.6) is 0 Å². The van der Waals surface area contributed by atoms with Crippen molar-refractivity contribution in [2.24, 2.45) is 5.92 Å². The molecular formula is C14H23BrN2S. The molecule has 0 aromatic carbocycles. The summed E-state index contributed by atoms with van der Waals surface area (Å²) in [5.74, 6) is 0.739. The van der Waals surface area contributed by atoms with E-state index < -0.39 is 0 Å². The molecule has 1 N–H and O–H groups in total. The number of nitrogens with zero attached hydrogens (tertiary/aromatic N) is 1. The first-order valence-electron chi connectivity index (χ1n) is 6.88. The fourth-order valence-corrected chi connectivity index (χ4v) is 4.59. The van der Waals surface area contributed by atoms with Crippen LogP contribution in [0.15, 0.2) is 15.9 Å². The van der Waals surface area contributed by atoms with E-state index in [2.05, 4.69) is 52.3 Å². The summed E-state index contributed by atoms with van der Waals surface area (Å²) in [5.41, 5.74) is 0. The fourth-order valence-electron chi connectivity index (χ4n) is 2.90. The number of hydrogen-bond acceptors (Lipinski definition) is 3. The van der Waals surface area contributed by atoms with Crippen LogP contribution >= 0.6 is 27.3 Å². The van der Waals surface area contributed by atoms with Crippen LogP contribution < -0.4 is 5.32 Å². The Labute approximate surface area is 123 Å². The molecule has 0 amide bonds. The van der Waals surface area contributed by atoms with Crippen LogP contribution in [0.2, 0.25) is 0 Å². The quantitative estimate of drug-likeness (QED) is 0.900. The SMILES string of the molecule is CCNCC1CCCCN(C)C1c1ccc(Br)s1. The van der Waals surface area contributed by atoms with Crippen LogP contribution in [0.3, 0.4) is 0 Å². The largest absolute Gasteiger partial charge is 0.317 e. The molecule has 2 rings (SSSR count). The zero-order valence-electron chi connectivity index (χ0n) is 11.3. The van der Waals surface area contributed by atoms with Crippen molar-refractivity contribution in [2.75, 3.05) is 26.7 Å². The normalized spacial score (nSPS) is 26.2. The average molecular weight is 331 g/mol. The smallest absolute Gasteiger partial charge is 0.0701 e. The predicted molar refractivity (Wildman–Crippen MR) is 83.3 cm³/mol. The molecule has 2 nitrogen and oxygen atoms in total. The summed E-state index contributed by atoms with van der Waals surface area (Å²) in [7, 11) is 2.28. The maximum Gasteiger partial charge on any atom is 0.0701 e. The van der Waals surface area contributed by atoms with Gasteiger partial charge in [0.1, 0.15) is 0 Å². The summed E-state index contributed by atoms with van der Waals surface area (Å²) in [5, 5.41) is 3.54. The van der Waals surface area contributed by atoms with E-state index >= 15 is 0 Å². The van der Waals surface area contributed by atoms with Gasteiger partial charge in [-0.25, -0.2) is 0 Å². The van der Waals surface area contributed by atoms with Gasteiger partial charge in [0.15, 0.2) is 0 Å². The Balaban J connectivity index is 2.17. The molecule has 2 unspecified atom stereocenters. The zero-order chi connectivity index (χ0) is 13.0. The average Bonchev–Trinajstić information content (AvgIpc) is 2.68. The lowest BCUT2D eigenvalue weighted by molar-refractivity contribution is 0.193. The van der Waals surface area contributed by atoms with Crippen LogP contribution in [-0.2, 0) is 0 Å². The number of hydrogen-bond donors (Lipinski definition) is 1. The molecule has 0 bridgehead atoms. The summed E-state index contributed by atoms with van der Waals surface area (Å²) in [6.45, 7) is 5.63. The van der Waals surface area contributed by atoms with Crippen molar-refractivity contribution in [3.63, 3.8) is 0 Å². The summed E-state index contributed by atoms with van der Waals surface area (Å²) < 4.78 is 1.25. The molecule has 1 aromatic rings. The summed E-state index contributed by atoms with van der Waals surface area (Å²) >= 11 is 5.49. The third-order valence-corrected chi connectivity index (χ3v) is 5.49. The molecule has 0 saturated carbocycles. The topological polar surface area (TPSA) is 15.3 Å². The molecule has 2 atom stereocenters. The highest BCUT2D eigenvalue weighted by molar-refractivity contribution is 9.11. The molecule has 1 aliphatic heterocycles. The van der Waals surface area contributed by atoms with Crippen LogP contribution in [0, 0.1) is 5.92 Å². The minimum atomic E-state index is 0.586. The molecule has 1 aliphatic rings. The minimum Gasteiger partial charge on any atom is -0.317 e. The number of rotatable bonds is 4. The van der Waals surface area contributed by atoms with E-state index in [4.69, 9.17) is 0 Å². The molecule has 4 heteroatoms. The first-order chi connectivity index (χ1) is 8.72. The monoisotopic (exact) mass is 330 g/mol. The number of likely N-dealkylation sites (tertiary alicyclic amines) is 1. The highest BCUT2D eigenvalue weighted by atomic mass is 79.9. The minimum absolute atomic E-state index is 0.586. The van der Waals surface area contributed by atoms with Gasteiger partial charge in [-0.1, -0.05) is 13.3 Å². The maximum absolute atomic E-state index is 3.60. The van der Waals surface area contributed by atoms with Gasteiger partial charge < -0.3 is 5.32 Å². The molecular weight excluding hydrogens is 308 g/mol. The van der Waals surface area contributed by atoms with E-state index in [0.29, 0.717) is 6.04 Å². The molecule has 18 heavy (non-hydrogen) atoms. The zero-order valence-corrected chi connectivity index (χ0v) is 13.7. The number of thiophene rings is 1. The Hall–Kier alpha value is 0.1000. The van der Waals surface area contributed by atoms with Crippen molar-refractivity contribution in [1.82, 2.24) is 10.2 Å². The number of halogens is 1. The summed E-state index contributed by atoms with van der Waals surface area (Å²) in [4.78, 5) is 4.06. The summed E-state index contributed by atoms with van der Waals surface area (Å²) in [6.07, 6.45) is 4.04. The van der Waals surface area contributed by atoms with Gasteiger partial charge in [-0.2, -0.15) is 0 Å². The lowest BCUT2D eigenvalue weighted by atomic mass is 9.93. The Morgan fingerprint density at radius 2 is 2.28 bits per heavy atom. The van der Waals surface area contributed by atoms with Crippen molar-refractivity contribution in [3.05, 3.63) is 20.8 Å². The molecule has 2 heterocycles. The van der Waals surface area contributed by atoms with Crippen LogP contribution in [0.1, 0.15) is 37.1 Å². The highest BCUT2D eigenvalue weighted by Gasteiger charge is 2.29. The Kier molecular flexibility index (Phi) is 5.67. The third-order valence-electron chi connectivity index (χ3n) is 3.80. The van der Waals surface area contributed by atoms with Crippen LogP contribution in [0.25, 0.3) is 0 Å². The van der Waals surface area contributed by atoms with Gasteiger partial charge in [-0.05, 0) is 73.5 Å². The molecule has 0 spiro atoms. The van der Waals surface area contributed by atoms with Gasteiger partial charge in [0.05, 0.1) is 3.79 Å². The van der Waals surface area contributed by atoms with Gasteiger partial charge in [0.2, 0.25) is 0 Å². The summed E-state index contributed by atoms with van der Waals surface area (Å²) in [6, 6.07) is 5.06. The van der Waals surface area contributed by atoms with Crippen molar-refractivity contribution >= 4 is 27.3 Å². The molecule has 1 saturated heterocycles. The Morgan fingerprint density at radius 3 is 2.94 bits per heavy atom. The Morgan fingerprint density at radius 1 is 1.44 bits per heavy atom. The van der Waals surface area contributed by atoms with Crippen LogP contribution in [0.4, 0.5) is 0 Å². The van der Waals surface area contributed by atoms with E-state index in [-0.39, 0.29) is 0 Å². The first kappa shape index (κ1) is 14.5. The standard InChI is InChI=1S/C14H23BrN2S/c1-3-16-10-11-6-4-5-9-17(2)14(11)12-7-8-13(15)18-12/h7-8,11,14,16H,3-6,9-10H2,1-2H3. The molecule has 102 valence electrons. The van der Waals surface area contributed by atoms with Gasteiger partial charge >= 0.3 is 0 Å². The lowest BCUT2D eigenvalue weighted by Gasteiger charge is -2.31. The second-order valence-corrected chi connectivity index (χ2v) is 7.63. The Bertz CT molecular complexity index is 366.